The average Bonchev–Trinajstić information content (AvgIpc) is 3.12. The van der Waals surface area contributed by atoms with E-state index in [9.17, 15) is 5.11 Å². The Balaban J connectivity index is -0.00000117. The first-order valence-corrected chi connectivity index (χ1v) is 24.3. The maximum Gasteiger partial charge on any atom is 0.154 e. The zero-order chi connectivity index (χ0) is 39.0. The van der Waals surface area contributed by atoms with Crippen molar-refractivity contribution in [1.82, 2.24) is 4.90 Å². The predicted octanol–water partition coefficient (Wildman–Crippen LogP) is 12.3. The third-order valence-electron chi connectivity index (χ3n) is 9.76. The van der Waals surface area contributed by atoms with Gasteiger partial charge in [0.15, 0.2) is 6.29 Å². The van der Waals surface area contributed by atoms with E-state index in [1.54, 1.807) is 11.8 Å². The van der Waals surface area contributed by atoms with Crippen molar-refractivity contribution in [2.24, 2.45) is 5.92 Å². The zero-order valence-electron chi connectivity index (χ0n) is 36.1. The van der Waals surface area contributed by atoms with Crippen molar-refractivity contribution in [2.75, 3.05) is 58.6 Å². The second kappa shape index (κ2) is 53.2. The molecule has 0 aliphatic carbocycles. The van der Waals surface area contributed by atoms with E-state index in [1.165, 1.54) is 154 Å². The summed E-state index contributed by atoms with van der Waals surface area (Å²) in [5.41, 5.74) is 0. The van der Waals surface area contributed by atoms with Crippen LogP contribution in [0.1, 0.15) is 220 Å². The van der Waals surface area contributed by atoms with Crippen LogP contribution in [0, 0.1) is 5.92 Å². The Morgan fingerprint density at radius 2 is 0.788 bits per heavy atom. The summed E-state index contributed by atoms with van der Waals surface area (Å²) in [5.74, 6) is 0.876. The molecular formula is C45H97NO5S. The van der Waals surface area contributed by atoms with Gasteiger partial charge in [-0.15, -0.1) is 0 Å². The molecule has 0 aromatic carbocycles. The van der Waals surface area contributed by atoms with E-state index >= 15 is 0 Å². The van der Waals surface area contributed by atoms with E-state index in [4.69, 9.17) is 20.1 Å². The van der Waals surface area contributed by atoms with Crippen LogP contribution in [0.3, 0.4) is 0 Å². The minimum absolute atomic E-state index is 0.149. The molecule has 0 bridgehead atoms. The van der Waals surface area contributed by atoms with E-state index in [-0.39, 0.29) is 19.8 Å². The molecule has 7 heteroatoms. The highest BCUT2D eigenvalue weighted by Crippen LogP contribution is 2.16. The summed E-state index contributed by atoms with van der Waals surface area (Å²) in [4.78, 5) is 2.05. The van der Waals surface area contributed by atoms with Gasteiger partial charge >= 0.3 is 0 Å². The number of nitrogens with zero attached hydrogens (tertiary/aromatic N) is 1. The number of hydrogen-bond donors (Lipinski definition) is 4. The van der Waals surface area contributed by atoms with Gasteiger partial charge in [-0.25, -0.2) is 0 Å². The third kappa shape index (κ3) is 56.8. The second-order valence-corrected chi connectivity index (χ2v) is 16.4. The van der Waals surface area contributed by atoms with Gasteiger partial charge < -0.3 is 25.2 Å². The van der Waals surface area contributed by atoms with Crippen molar-refractivity contribution in [3.8, 4) is 0 Å². The first-order chi connectivity index (χ1) is 25.4. The molecule has 0 aliphatic rings. The number of hydrogen-bond acceptors (Lipinski definition) is 7. The van der Waals surface area contributed by atoms with E-state index in [0.717, 1.165) is 64.0 Å². The lowest BCUT2D eigenvalue weighted by Gasteiger charge is -2.19. The molecule has 0 radical (unpaired) electrons. The highest BCUT2D eigenvalue weighted by Gasteiger charge is 2.04. The number of ether oxygens (including phenoxy) is 1. The van der Waals surface area contributed by atoms with Gasteiger partial charge in [-0.05, 0) is 57.1 Å². The van der Waals surface area contributed by atoms with Gasteiger partial charge in [0.2, 0.25) is 0 Å². The van der Waals surface area contributed by atoms with Gasteiger partial charge in [-0.1, -0.05) is 188 Å². The number of aliphatic hydroxyl groups is 4. The Hall–Kier alpha value is 0.110. The molecule has 0 aromatic rings. The van der Waals surface area contributed by atoms with Crippen LogP contribution >= 0.6 is 11.8 Å². The van der Waals surface area contributed by atoms with Gasteiger partial charge in [0.1, 0.15) is 0 Å². The lowest BCUT2D eigenvalue weighted by atomic mass is 10.0. The van der Waals surface area contributed by atoms with Crippen molar-refractivity contribution in [2.45, 2.75) is 226 Å². The molecule has 52 heavy (non-hydrogen) atoms. The quantitative estimate of drug-likeness (QED) is 0.0365. The monoisotopic (exact) mass is 764 g/mol. The molecule has 0 heterocycles. The lowest BCUT2D eigenvalue weighted by Crippen LogP contribution is -2.30. The minimum atomic E-state index is -0.534. The number of unbranched alkanes of at least 4 members (excludes halogenated alkanes) is 26. The topological polar surface area (TPSA) is 93.4 Å². The fourth-order valence-electron chi connectivity index (χ4n) is 6.48. The van der Waals surface area contributed by atoms with Crippen molar-refractivity contribution in [3.05, 3.63) is 0 Å². The summed E-state index contributed by atoms with van der Waals surface area (Å²) in [7, 11) is 0. The smallest absolute Gasteiger partial charge is 0.154 e. The predicted molar refractivity (Wildman–Crippen MR) is 233 cm³/mol. The van der Waals surface area contributed by atoms with Gasteiger partial charge in [-0.3, -0.25) is 4.90 Å². The van der Waals surface area contributed by atoms with E-state index < -0.39 is 6.29 Å². The van der Waals surface area contributed by atoms with Crippen molar-refractivity contribution in [3.63, 3.8) is 0 Å². The van der Waals surface area contributed by atoms with Gasteiger partial charge in [-0.2, -0.15) is 11.8 Å². The molecule has 0 saturated heterocycles. The van der Waals surface area contributed by atoms with Crippen LogP contribution in [0.15, 0.2) is 0 Å². The molecule has 0 spiro atoms. The van der Waals surface area contributed by atoms with Gasteiger partial charge in [0, 0.05) is 26.3 Å². The van der Waals surface area contributed by atoms with Gasteiger partial charge in [0.05, 0.1) is 13.2 Å². The summed E-state index contributed by atoms with van der Waals surface area (Å²) in [6.07, 6.45) is 44.2. The fraction of sp³-hybridized carbons (Fsp3) is 1.00. The molecule has 1 unspecified atom stereocenters. The summed E-state index contributed by atoms with van der Waals surface area (Å²) >= 11 is 1.75. The molecule has 6 nitrogen and oxygen atoms in total. The first-order valence-electron chi connectivity index (χ1n) is 22.7. The van der Waals surface area contributed by atoms with E-state index in [0.29, 0.717) is 13.1 Å². The normalized spacial score (nSPS) is 11.8. The fourth-order valence-corrected chi connectivity index (χ4v) is 6.48. The van der Waals surface area contributed by atoms with Crippen LogP contribution < -0.4 is 0 Å². The highest BCUT2D eigenvalue weighted by atomic mass is 32.2. The zero-order valence-corrected chi connectivity index (χ0v) is 36.9. The minimum Gasteiger partial charge on any atom is -0.396 e. The van der Waals surface area contributed by atoms with Crippen LogP contribution in [-0.4, -0.2) is 90.2 Å². The summed E-state index contributed by atoms with van der Waals surface area (Å²) in [5, 5.41) is 36.1. The van der Waals surface area contributed by atoms with Crippen molar-refractivity contribution in [1.29, 1.82) is 0 Å². The van der Waals surface area contributed by atoms with Crippen LogP contribution in [0.25, 0.3) is 0 Å². The van der Waals surface area contributed by atoms with Crippen LogP contribution in [0.4, 0.5) is 0 Å². The van der Waals surface area contributed by atoms with E-state index in [1.807, 2.05) is 12.5 Å². The SMILES string of the molecule is CCCCCCCCCCCCCCCC(O)OCCCCCCCCCCCCCCC(C)C.CSC.OCCCCCCN(CCO)CCO. The van der Waals surface area contributed by atoms with Gasteiger partial charge in [0.25, 0.3) is 0 Å². The molecule has 4 N–H and O–H groups in total. The maximum absolute atomic E-state index is 10.0. The Bertz CT molecular complexity index is 580. The lowest BCUT2D eigenvalue weighted by molar-refractivity contribution is -0.105. The maximum atomic E-state index is 10.0. The number of rotatable bonds is 40. The third-order valence-corrected chi connectivity index (χ3v) is 9.76. The highest BCUT2D eigenvalue weighted by molar-refractivity contribution is 7.97. The summed E-state index contributed by atoms with van der Waals surface area (Å²) < 4.78 is 5.62. The number of thioether (sulfide) groups is 1. The Labute approximate surface area is 331 Å². The largest absolute Gasteiger partial charge is 0.396 e. The number of aliphatic hydroxyl groups excluding tert-OH is 4. The van der Waals surface area contributed by atoms with Crippen molar-refractivity contribution >= 4 is 11.8 Å². The Kier molecular flexibility index (Phi) is 57.8. The van der Waals surface area contributed by atoms with Crippen LogP contribution in [-0.2, 0) is 4.74 Å². The molecule has 0 aromatic heterocycles. The molecule has 0 amide bonds. The summed E-state index contributed by atoms with van der Waals surface area (Å²) in [6.45, 7) is 10.5. The van der Waals surface area contributed by atoms with Crippen molar-refractivity contribution < 1.29 is 25.2 Å². The molecule has 318 valence electrons. The first kappa shape index (κ1) is 56.4. The molecule has 0 rings (SSSR count). The Morgan fingerprint density at radius 1 is 0.442 bits per heavy atom. The Morgan fingerprint density at radius 3 is 1.17 bits per heavy atom. The standard InChI is InChI=1S/C33H68O2.C10H23NO3.C2H6S/c1-4-5-6-7-8-9-10-11-15-18-21-24-27-30-33(34)35-31-28-25-22-19-16-13-12-14-17-20-23-26-29-32(2)3;12-8-4-2-1-3-5-11(6-9-13)7-10-14;1-3-2/h32-34H,4-31H2,1-3H3;12-14H,1-10H2;1-2H3. The molecule has 0 fully saturated rings. The molecular weight excluding hydrogens is 667 g/mol. The van der Waals surface area contributed by atoms with Crippen LogP contribution in [0.5, 0.6) is 0 Å². The summed E-state index contributed by atoms with van der Waals surface area (Å²) in [6, 6.07) is 0. The second-order valence-electron chi connectivity index (χ2n) is 15.6. The van der Waals surface area contributed by atoms with Crippen LogP contribution in [0.2, 0.25) is 0 Å². The molecule has 0 aliphatic heterocycles. The molecule has 0 saturated carbocycles. The average molecular weight is 764 g/mol. The molecule has 1 atom stereocenters. The van der Waals surface area contributed by atoms with E-state index in [2.05, 4.69) is 25.7 Å².